The summed E-state index contributed by atoms with van der Waals surface area (Å²) in [6.07, 6.45) is 1.90. The van der Waals surface area contributed by atoms with E-state index < -0.39 is 0 Å². The monoisotopic (exact) mass is 439 g/mol. The Kier molecular flexibility index (Phi) is 5.41. The lowest BCUT2D eigenvalue weighted by Crippen LogP contribution is -2.28. The molecule has 5 aromatic rings. The van der Waals surface area contributed by atoms with Crippen LogP contribution in [-0.4, -0.2) is 22.6 Å². The molecule has 0 radical (unpaired) electrons. The number of para-hydroxylation sites is 2. The van der Waals surface area contributed by atoms with Crippen LogP contribution in [0, 0.1) is 0 Å². The van der Waals surface area contributed by atoms with Crippen LogP contribution in [0.2, 0.25) is 0 Å². The number of aromatic amines is 1. The van der Waals surface area contributed by atoms with Gasteiger partial charge in [-0.3, -0.25) is 9.59 Å². The standard InChI is InChI=1S/C28H29N3O2/c1-4-15-30(16-5-2)26-24-23(31(6-3)22-14-10-8-12-19(22)28(24)33)17-20-25(26)29-21-13-9-7-11-18(21)27(20)32/h7-14,17H,4-6,15-16H2,1-3H3,(H,29,32). The number of aromatic nitrogens is 2. The van der Waals surface area contributed by atoms with Crippen molar-refractivity contribution >= 4 is 49.3 Å². The molecule has 0 fully saturated rings. The molecule has 3 aromatic carbocycles. The second-order valence-electron chi connectivity index (χ2n) is 8.62. The van der Waals surface area contributed by atoms with E-state index in [2.05, 4.69) is 35.2 Å². The van der Waals surface area contributed by atoms with Gasteiger partial charge in [0.15, 0.2) is 10.9 Å². The zero-order valence-corrected chi connectivity index (χ0v) is 19.4. The van der Waals surface area contributed by atoms with Crippen molar-refractivity contribution in [2.75, 3.05) is 18.0 Å². The van der Waals surface area contributed by atoms with Gasteiger partial charge in [0.2, 0.25) is 0 Å². The summed E-state index contributed by atoms with van der Waals surface area (Å²) in [6.45, 7) is 8.71. The molecule has 5 rings (SSSR count). The summed E-state index contributed by atoms with van der Waals surface area (Å²) >= 11 is 0. The normalized spacial score (nSPS) is 11.7. The number of anilines is 1. The minimum Gasteiger partial charge on any atom is -0.369 e. The summed E-state index contributed by atoms with van der Waals surface area (Å²) in [5.41, 5.74) is 4.14. The molecule has 0 saturated carbocycles. The zero-order chi connectivity index (χ0) is 23.1. The van der Waals surface area contributed by atoms with E-state index in [9.17, 15) is 9.59 Å². The summed E-state index contributed by atoms with van der Waals surface area (Å²) in [5.74, 6) is 0. The van der Waals surface area contributed by atoms with Crippen LogP contribution in [0.25, 0.3) is 43.6 Å². The van der Waals surface area contributed by atoms with Gasteiger partial charge in [0.25, 0.3) is 0 Å². The van der Waals surface area contributed by atoms with Crippen molar-refractivity contribution in [1.82, 2.24) is 9.55 Å². The Morgan fingerprint density at radius 2 is 1.45 bits per heavy atom. The first-order valence-electron chi connectivity index (χ1n) is 11.9. The third kappa shape index (κ3) is 3.22. The fourth-order valence-corrected chi connectivity index (χ4v) is 5.16. The molecule has 0 unspecified atom stereocenters. The number of pyridine rings is 2. The second kappa shape index (κ2) is 8.39. The van der Waals surface area contributed by atoms with Crippen molar-refractivity contribution in [1.29, 1.82) is 0 Å². The summed E-state index contributed by atoms with van der Waals surface area (Å²) < 4.78 is 2.17. The quantitative estimate of drug-likeness (QED) is 0.340. The lowest BCUT2D eigenvalue weighted by atomic mass is 10.0. The lowest BCUT2D eigenvalue weighted by molar-refractivity contribution is 0.748. The molecular formula is C28H29N3O2. The van der Waals surface area contributed by atoms with Crippen molar-refractivity contribution in [3.05, 3.63) is 75.0 Å². The predicted octanol–water partition coefficient (Wildman–Crippen LogP) is 5.80. The number of nitrogens with zero attached hydrogens (tertiary/aromatic N) is 2. The third-order valence-corrected chi connectivity index (χ3v) is 6.53. The second-order valence-corrected chi connectivity index (χ2v) is 8.62. The zero-order valence-electron chi connectivity index (χ0n) is 19.4. The van der Waals surface area contributed by atoms with Crippen molar-refractivity contribution < 1.29 is 0 Å². The summed E-state index contributed by atoms with van der Waals surface area (Å²) in [5, 5.41) is 2.70. The fourth-order valence-electron chi connectivity index (χ4n) is 5.16. The van der Waals surface area contributed by atoms with E-state index in [1.165, 1.54) is 0 Å². The topological polar surface area (TPSA) is 58.1 Å². The van der Waals surface area contributed by atoms with E-state index >= 15 is 0 Å². The molecular weight excluding hydrogens is 410 g/mol. The molecule has 5 heteroatoms. The highest BCUT2D eigenvalue weighted by Crippen LogP contribution is 2.35. The van der Waals surface area contributed by atoms with Crippen LogP contribution in [0.1, 0.15) is 33.6 Å². The van der Waals surface area contributed by atoms with Crippen LogP contribution < -0.4 is 15.8 Å². The van der Waals surface area contributed by atoms with Crippen LogP contribution in [0.3, 0.4) is 0 Å². The number of hydrogen-bond donors (Lipinski definition) is 1. The first-order chi connectivity index (χ1) is 16.1. The van der Waals surface area contributed by atoms with Gasteiger partial charge in [0.1, 0.15) is 0 Å². The van der Waals surface area contributed by atoms with Gasteiger partial charge in [-0.1, -0.05) is 38.1 Å². The summed E-state index contributed by atoms with van der Waals surface area (Å²) in [4.78, 5) is 33.4. The maximum absolute atomic E-state index is 14.0. The van der Waals surface area contributed by atoms with Crippen molar-refractivity contribution in [2.45, 2.75) is 40.2 Å². The van der Waals surface area contributed by atoms with E-state index in [0.29, 0.717) is 28.1 Å². The lowest BCUT2D eigenvalue weighted by Gasteiger charge is -2.28. The van der Waals surface area contributed by atoms with Crippen LogP contribution in [0.4, 0.5) is 5.69 Å². The van der Waals surface area contributed by atoms with Crippen molar-refractivity contribution in [2.24, 2.45) is 0 Å². The molecule has 0 aliphatic heterocycles. The Balaban J connectivity index is 2.11. The Labute approximate surface area is 192 Å². The molecule has 33 heavy (non-hydrogen) atoms. The Hall–Kier alpha value is -3.60. The largest absolute Gasteiger partial charge is 0.369 e. The Morgan fingerprint density at radius 1 is 0.788 bits per heavy atom. The van der Waals surface area contributed by atoms with Gasteiger partial charge in [-0.25, -0.2) is 0 Å². The van der Waals surface area contributed by atoms with Gasteiger partial charge in [0, 0.05) is 35.9 Å². The maximum atomic E-state index is 14.0. The number of H-pyrrole nitrogens is 1. The highest BCUT2D eigenvalue weighted by Gasteiger charge is 2.22. The molecule has 168 valence electrons. The maximum Gasteiger partial charge on any atom is 0.199 e. The minimum atomic E-state index is -0.00120. The highest BCUT2D eigenvalue weighted by atomic mass is 16.1. The molecule has 0 spiro atoms. The SMILES string of the molecule is CCCN(CCC)c1c2[nH]c3ccccc3c(=O)c2cc2c1c(=O)c1ccccc1n2CC. The fraction of sp³-hybridized carbons (Fsp3) is 0.286. The van der Waals surface area contributed by atoms with E-state index in [1.54, 1.807) is 0 Å². The number of hydrogen-bond acceptors (Lipinski definition) is 3. The summed E-state index contributed by atoms with van der Waals surface area (Å²) in [6, 6.07) is 17.3. The van der Waals surface area contributed by atoms with Crippen molar-refractivity contribution in [3.8, 4) is 0 Å². The number of rotatable bonds is 6. The highest BCUT2D eigenvalue weighted by molar-refractivity contribution is 6.13. The molecule has 0 saturated heterocycles. The number of fused-ring (bicyclic) bond motifs is 4. The molecule has 0 amide bonds. The summed E-state index contributed by atoms with van der Waals surface area (Å²) in [7, 11) is 0. The molecule has 0 aliphatic rings. The van der Waals surface area contributed by atoms with Gasteiger partial charge < -0.3 is 14.5 Å². The van der Waals surface area contributed by atoms with E-state index in [0.717, 1.165) is 53.7 Å². The van der Waals surface area contributed by atoms with E-state index in [1.807, 2.05) is 54.6 Å². The smallest absolute Gasteiger partial charge is 0.199 e. The average Bonchev–Trinajstić information content (AvgIpc) is 2.84. The van der Waals surface area contributed by atoms with Gasteiger partial charge in [-0.05, 0) is 50.1 Å². The number of benzene rings is 3. The third-order valence-electron chi connectivity index (χ3n) is 6.53. The van der Waals surface area contributed by atoms with E-state index in [-0.39, 0.29) is 10.9 Å². The Bertz CT molecular complexity index is 1620. The number of aryl methyl sites for hydroxylation is 1. The van der Waals surface area contributed by atoms with E-state index in [4.69, 9.17) is 0 Å². The molecule has 0 aliphatic carbocycles. The Morgan fingerprint density at radius 3 is 2.15 bits per heavy atom. The van der Waals surface area contributed by atoms with Gasteiger partial charge in [-0.15, -0.1) is 0 Å². The molecule has 0 bridgehead atoms. The molecule has 5 nitrogen and oxygen atoms in total. The minimum absolute atomic E-state index is 0.00120. The average molecular weight is 440 g/mol. The van der Waals surface area contributed by atoms with Crippen molar-refractivity contribution in [3.63, 3.8) is 0 Å². The van der Waals surface area contributed by atoms with Gasteiger partial charge in [-0.2, -0.15) is 0 Å². The van der Waals surface area contributed by atoms with Crippen LogP contribution in [0.5, 0.6) is 0 Å². The molecule has 2 heterocycles. The number of nitrogens with one attached hydrogen (secondary N) is 1. The van der Waals surface area contributed by atoms with Crippen LogP contribution >= 0.6 is 0 Å². The van der Waals surface area contributed by atoms with Gasteiger partial charge in [0.05, 0.1) is 33.0 Å². The van der Waals surface area contributed by atoms with Gasteiger partial charge >= 0.3 is 0 Å². The van der Waals surface area contributed by atoms with Crippen LogP contribution in [-0.2, 0) is 6.54 Å². The first-order valence-corrected chi connectivity index (χ1v) is 11.9. The molecule has 1 N–H and O–H groups in total. The predicted molar refractivity (Wildman–Crippen MR) is 140 cm³/mol. The molecule has 2 aromatic heterocycles. The molecule has 0 atom stereocenters. The van der Waals surface area contributed by atoms with Crippen LogP contribution in [0.15, 0.2) is 64.2 Å². The first kappa shape index (κ1) is 21.3.